The van der Waals surface area contributed by atoms with Crippen molar-refractivity contribution in [1.82, 2.24) is 14.8 Å². The maximum atomic E-state index is 12.9. The topological polar surface area (TPSA) is 85.0 Å². The SMILES string of the molecule is O=C(c1ccco1)n1nc(NCc2c(Cl)cccc2Cl)nc1NCc1c(Cl)cccc1Cl. The van der Waals surface area contributed by atoms with Crippen LogP contribution in [0.1, 0.15) is 21.7 Å². The molecule has 0 amide bonds. The zero-order valence-corrected chi connectivity index (χ0v) is 19.3. The van der Waals surface area contributed by atoms with Gasteiger partial charge in [0.15, 0.2) is 5.76 Å². The van der Waals surface area contributed by atoms with Crippen LogP contribution in [-0.2, 0) is 13.1 Å². The molecule has 32 heavy (non-hydrogen) atoms. The molecular weight excluding hydrogens is 496 g/mol. The minimum absolute atomic E-state index is 0.106. The summed E-state index contributed by atoms with van der Waals surface area (Å²) in [6, 6.07) is 13.6. The standard InChI is InChI=1S/C21H15Cl4N5O2/c22-14-4-1-5-15(23)12(14)10-26-20-28-21(27-11-13-16(24)6-2-7-17(13)25)30(29-20)19(31)18-8-3-9-32-18/h1-9H,10-11H2,(H2,26,27,28,29). The van der Waals surface area contributed by atoms with Crippen LogP contribution in [0.4, 0.5) is 11.9 Å². The van der Waals surface area contributed by atoms with E-state index in [1.54, 1.807) is 42.5 Å². The summed E-state index contributed by atoms with van der Waals surface area (Å²) in [5.41, 5.74) is 1.34. The van der Waals surface area contributed by atoms with Crippen LogP contribution in [0.25, 0.3) is 0 Å². The van der Waals surface area contributed by atoms with Crippen molar-refractivity contribution >= 4 is 64.2 Å². The van der Waals surface area contributed by atoms with E-state index in [-0.39, 0.29) is 30.7 Å². The first kappa shape index (κ1) is 22.5. The van der Waals surface area contributed by atoms with Crippen LogP contribution in [0.2, 0.25) is 20.1 Å². The molecule has 0 fully saturated rings. The summed E-state index contributed by atoms with van der Waals surface area (Å²) in [6.45, 7) is 0.478. The summed E-state index contributed by atoms with van der Waals surface area (Å²) in [4.78, 5) is 17.3. The van der Waals surface area contributed by atoms with E-state index in [1.165, 1.54) is 12.3 Å². The fourth-order valence-electron chi connectivity index (χ4n) is 2.88. The van der Waals surface area contributed by atoms with E-state index in [2.05, 4.69) is 20.7 Å². The molecule has 0 aliphatic heterocycles. The third kappa shape index (κ3) is 4.86. The monoisotopic (exact) mass is 509 g/mol. The zero-order chi connectivity index (χ0) is 22.7. The van der Waals surface area contributed by atoms with Gasteiger partial charge in [-0.25, -0.2) is 0 Å². The van der Waals surface area contributed by atoms with E-state index in [0.29, 0.717) is 31.2 Å². The van der Waals surface area contributed by atoms with Gasteiger partial charge >= 0.3 is 5.91 Å². The third-order valence-electron chi connectivity index (χ3n) is 4.50. The molecule has 0 atom stereocenters. The molecule has 7 nitrogen and oxygen atoms in total. The summed E-state index contributed by atoms with van der Waals surface area (Å²) < 4.78 is 6.31. The summed E-state index contributed by atoms with van der Waals surface area (Å²) in [7, 11) is 0. The van der Waals surface area contributed by atoms with Crippen LogP contribution in [0, 0.1) is 0 Å². The van der Waals surface area contributed by atoms with Gasteiger partial charge < -0.3 is 15.1 Å². The molecule has 164 valence electrons. The average molecular weight is 511 g/mol. The molecule has 2 aromatic heterocycles. The molecule has 2 aromatic carbocycles. The molecule has 0 aliphatic carbocycles. The Morgan fingerprint density at radius 3 is 1.94 bits per heavy atom. The molecule has 2 N–H and O–H groups in total. The number of benzene rings is 2. The maximum absolute atomic E-state index is 12.9. The molecule has 0 saturated carbocycles. The second-order valence-electron chi connectivity index (χ2n) is 6.56. The van der Waals surface area contributed by atoms with Gasteiger partial charge in [0.1, 0.15) is 0 Å². The second kappa shape index (κ2) is 9.83. The Kier molecular flexibility index (Phi) is 6.91. The quantitative estimate of drug-likeness (QED) is 0.299. The van der Waals surface area contributed by atoms with Crippen LogP contribution >= 0.6 is 46.4 Å². The number of aromatic nitrogens is 3. The Bertz CT molecular complexity index is 1220. The predicted molar refractivity (Wildman–Crippen MR) is 126 cm³/mol. The van der Waals surface area contributed by atoms with Gasteiger partial charge in [0.25, 0.3) is 0 Å². The highest BCUT2D eigenvalue weighted by Gasteiger charge is 2.21. The smallest absolute Gasteiger partial charge is 0.317 e. The highest BCUT2D eigenvalue weighted by Crippen LogP contribution is 2.27. The van der Waals surface area contributed by atoms with Crippen molar-refractivity contribution < 1.29 is 9.21 Å². The minimum Gasteiger partial charge on any atom is -0.459 e. The molecule has 2 heterocycles. The highest BCUT2D eigenvalue weighted by atomic mass is 35.5. The first-order chi connectivity index (χ1) is 15.4. The predicted octanol–water partition coefficient (Wildman–Crippen LogP) is 6.40. The van der Waals surface area contributed by atoms with Gasteiger partial charge in [-0.15, -0.1) is 5.10 Å². The lowest BCUT2D eigenvalue weighted by atomic mass is 10.2. The molecule has 0 spiro atoms. The van der Waals surface area contributed by atoms with Gasteiger partial charge in [0.2, 0.25) is 11.9 Å². The van der Waals surface area contributed by atoms with Crippen molar-refractivity contribution in [3.63, 3.8) is 0 Å². The Labute approximate surface area is 203 Å². The number of nitrogens with zero attached hydrogens (tertiary/aromatic N) is 3. The van der Waals surface area contributed by atoms with E-state index in [0.717, 1.165) is 4.68 Å². The molecule has 0 radical (unpaired) electrons. The molecule has 0 bridgehead atoms. The second-order valence-corrected chi connectivity index (χ2v) is 8.19. The van der Waals surface area contributed by atoms with Crippen LogP contribution in [0.15, 0.2) is 59.2 Å². The van der Waals surface area contributed by atoms with Gasteiger partial charge in [0.05, 0.1) is 6.26 Å². The van der Waals surface area contributed by atoms with E-state index >= 15 is 0 Å². The van der Waals surface area contributed by atoms with Gasteiger partial charge in [0, 0.05) is 44.3 Å². The largest absolute Gasteiger partial charge is 0.459 e. The van der Waals surface area contributed by atoms with E-state index in [1.807, 2.05) is 0 Å². The number of rotatable bonds is 7. The normalized spacial score (nSPS) is 10.9. The van der Waals surface area contributed by atoms with Crippen molar-refractivity contribution in [2.24, 2.45) is 0 Å². The van der Waals surface area contributed by atoms with Gasteiger partial charge in [-0.2, -0.15) is 9.67 Å². The number of carbonyl (C=O) groups is 1. The number of furan rings is 1. The molecule has 0 saturated heterocycles. The van der Waals surface area contributed by atoms with Gasteiger partial charge in [-0.05, 0) is 36.4 Å². The van der Waals surface area contributed by atoms with E-state index in [9.17, 15) is 4.79 Å². The highest BCUT2D eigenvalue weighted by molar-refractivity contribution is 6.36. The zero-order valence-electron chi connectivity index (χ0n) is 16.3. The Morgan fingerprint density at radius 2 is 1.41 bits per heavy atom. The van der Waals surface area contributed by atoms with Crippen LogP contribution < -0.4 is 10.6 Å². The fraction of sp³-hybridized carbons (Fsp3) is 0.0952. The first-order valence-corrected chi connectivity index (χ1v) is 10.8. The summed E-state index contributed by atoms with van der Waals surface area (Å²) in [6.07, 6.45) is 1.40. The van der Waals surface area contributed by atoms with Crippen LogP contribution in [-0.4, -0.2) is 20.7 Å². The number of halogens is 4. The summed E-state index contributed by atoms with van der Waals surface area (Å²) in [5, 5.41) is 12.3. The van der Waals surface area contributed by atoms with Crippen molar-refractivity contribution in [2.45, 2.75) is 13.1 Å². The maximum Gasteiger partial charge on any atom is 0.317 e. The summed E-state index contributed by atoms with van der Waals surface area (Å²) >= 11 is 24.9. The molecule has 0 unspecified atom stereocenters. The molecule has 0 aliphatic rings. The Hall–Kier alpha value is -2.71. The van der Waals surface area contributed by atoms with Crippen molar-refractivity contribution in [1.29, 1.82) is 0 Å². The number of hydrogen-bond acceptors (Lipinski definition) is 6. The summed E-state index contributed by atoms with van der Waals surface area (Å²) in [5.74, 6) is -0.0303. The lowest BCUT2D eigenvalue weighted by Gasteiger charge is -2.09. The number of carbonyl (C=O) groups excluding carboxylic acids is 1. The fourth-order valence-corrected chi connectivity index (χ4v) is 3.95. The van der Waals surface area contributed by atoms with Crippen LogP contribution in [0.3, 0.4) is 0 Å². The molecule has 11 heteroatoms. The average Bonchev–Trinajstić information content (AvgIpc) is 3.43. The number of nitrogens with one attached hydrogen (secondary N) is 2. The van der Waals surface area contributed by atoms with E-state index < -0.39 is 5.91 Å². The molecule has 4 aromatic rings. The van der Waals surface area contributed by atoms with Gasteiger partial charge in [-0.3, -0.25) is 4.79 Å². The minimum atomic E-state index is -0.501. The lowest BCUT2D eigenvalue weighted by molar-refractivity contribution is 0.0920. The Balaban J connectivity index is 1.60. The molecule has 4 rings (SSSR count). The number of hydrogen-bond donors (Lipinski definition) is 2. The Morgan fingerprint density at radius 1 is 0.844 bits per heavy atom. The number of anilines is 2. The molecular formula is C21H15Cl4N5O2. The van der Waals surface area contributed by atoms with Crippen molar-refractivity contribution in [2.75, 3.05) is 10.6 Å². The van der Waals surface area contributed by atoms with E-state index in [4.69, 9.17) is 50.8 Å². The first-order valence-electron chi connectivity index (χ1n) is 9.33. The van der Waals surface area contributed by atoms with Gasteiger partial charge in [-0.1, -0.05) is 58.5 Å². The third-order valence-corrected chi connectivity index (χ3v) is 5.92. The van der Waals surface area contributed by atoms with Crippen LogP contribution in [0.5, 0.6) is 0 Å². The lowest BCUT2D eigenvalue weighted by Crippen LogP contribution is -2.17. The van der Waals surface area contributed by atoms with Crippen molar-refractivity contribution in [3.05, 3.63) is 91.8 Å². The van der Waals surface area contributed by atoms with Crippen molar-refractivity contribution in [3.8, 4) is 0 Å².